The average molecular weight is 554 g/mol. The molecule has 3 rings (SSSR count). The summed E-state index contributed by atoms with van der Waals surface area (Å²) >= 11 is 1.72. The lowest BCUT2D eigenvalue weighted by atomic mass is 10.1. The number of benzene rings is 1. The Labute approximate surface area is 195 Å². The molecule has 2 heterocycles. The maximum atomic E-state index is 12.7. The summed E-state index contributed by atoms with van der Waals surface area (Å²) in [5.74, 6) is 0.611. The number of aliphatic imine (C=N–C) groups is 1. The Morgan fingerprint density at radius 2 is 1.87 bits per heavy atom. The first-order chi connectivity index (χ1) is 14.0. The number of halogens is 4. The highest BCUT2D eigenvalue weighted by Gasteiger charge is 2.30. The van der Waals surface area contributed by atoms with Crippen LogP contribution < -0.4 is 10.6 Å². The van der Waals surface area contributed by atoms with Gasteiger partial charge in [-0.3, -0.25) is 9.89 Å². The van der Waals surface area contributed by atoms with Gasteiger partial charge < -0.3 is 15.4 Å². The Bertz CT molecular complexity index is 778. The second-order valence-electron chi connectivity index (χ2n) is 6.68. The van der Waals surface area contributed by atoms with Crippen LogP contribution in [0.1, 0.15) is 22.0 Å². The quantitative estimate of drug-likeness (QED) is 0.321. The van der Waals surface area contributed by atoms with Crippen molar-refractivity contribution in [1.29, 1.82) is 0 Å². The second-order valence-corrected chi connectivity index (χ2v) is 7.66. The number of thiophene rings is 1. The van der Waals surface area contributed by atoms with E-state index >= 15 is 0 Å². The number of ether oxygens (including phenoxy) is 1. The van der Waals surface area contributed by atoms with Gasteiger partial charge in [0.2, 0.25) is 0 Å². The molecule has 1 aromatic carbocycles. The molecule has 1 aliphatic rings. The van der Waals surface area contributed by atoms with E-state index in [-0.39, 0.29) is 30.0 Å². The molecule has 1 unspecified atom stereocenters. The molecule has 0 aliphatic carbocycles. The Kier molecular flexibility index (Phi) is 9.85. The minimum Gasteiger partial charge on any atom is -0.379 e. The van der Waals surface area contributed by atoms with E-state index in [1.807, 2.05) is 6.07 Å². The van der Waals surface area contributed by atoms with Crippen molar-refractivity contribution in [3.8, 4) is 0 Å². The minimum absolute atomic E-state index is 0. The van der Waals surface area contributed by atoms with Crippen LogP contribution >= 0.6 is 35.3 Å². The third-order valence-electron chi connectivity index (χ3n) is 4.79. The van der Waals surface area contributed by atoms with E-state index in [2.05, 4.69) is 32.0 Å². The highest BCUT2D eigenvalue weighted by molar-refractivity contribution is 14.0. The molecule has 1 saturated heterocycles. The van der Waals surface area contributed by atoms with Crippen LogP contribution in [-0.4, -0.2) is 50.8 Å². The number of rotatable bonds is 6. The first kappa shape index (κ1) is 24.9. The van der Waals surface area contributed by atoms with Gasteiger partial charge in [-0.25, -0.2) is 0 Å². The summed E-state index contributed by atoms with van der Waals surface area (Å²) in [5, 5.41) is 8.58. The van der Waals surface area contributed by atoms with Crippen LogP contribution in [0.15, 0.2) is 46.8 Å². The lowest BCUT2D eigenvalue weighted by Crippen LogP contribution is -2.46. The van der Waals surface area contributed by atoms with E-state index in [0.717, 1.165) is 44.0 Å². The summed E-state index contributed by atoms with van der Waals surface area (Å²) in [7, 11) is 1.68. The number of morpholine rings is 1. The molecule has 30 heavy (non-hydrogen) atoms. The Morgan fingerprint density at radius 3 is 2.43 bits per heavy atom. The maximum Gasteiger partial charge on any atom is 0.416 e. The van der Waals surface area contributed by atoms with Gasteiger partial charge >= 0.3 is 6.18 Å². The molecule has 1 atom stereocenters. The van der Waals surface area contributed by atoms with Crippen LogP contribution in [0.5, 0.6) is 0 Å². The predicted molar refractivity (Wildman–Crippen MR) is 125 cm³/mol. The molecule has 0 bridgehead atoms. The molecule has 166 valence electrons. The van der Waals surface area contributed by atoms with Crippen molar-refractivity contribution in [2.24, 2.45) is 4.99 Å². The van der Waals surface area contributed by atoms with Crippen molar-refractivity contribution in [3.63, 3.8) is 0 Å². The summed E-state index contributed by atoms with van der Waals surface area (Å²) < 4.78 is 43.5. The van der Waals surface area contributed by atoms with Crippen LogP contribution in [-0.2, 0) is 17.5 Å². The summed E-state index contributed by atoms with van der Waals surface area (Å²) in [5.41, 5.74) is 0.108. The maximum absolute atomic E-state index is 12.7. The molecule has 1 fully saturated rings. The third kappa shape index (κ3) is 7.10. The lowest BCUT2D eigenvalue weighted by Gasteiger charge is -2.34. The fourth-order valence-electron chi connectivity index (χ4n) is 3.19. The Hall–Kier alpha value is -1.37. The highest BCUT2D eigenvalue weighted by atomic mass is 127. The SMILES string of the molecule is CN=C(NCc1ccc(C(F)(F)F)cc1)NCC(c1cccs1)N1CCOCC1.I. The first-order valence-electron chi connectivity index (χ1n) is 9.43. The monoisotopic (exact) mass is 554 g/mol. The van der Waals surface area contributed by atoms with E-state index in [0.29, 0.717) is 19.0 Å². The molecule has 2 N–H and O–H groups in total. The average Bonchev–Trinajstić information content (AvgIpc) is 3.25. The first-order valence-corrected chi connectivity index (χ1v) is 10.3. The Balaban J connectivity index is 0.00000320. The molecule has 1 aliphatic heterocycles. The van der Waals surface area contributed by atoms with Gasteiger partial charge in [0.1, 0.15) is 0 Å². The van der Waals surface area contributed by atoms with E-state index in [4.69, 9.17) is 4.74 Å². The van der Waals surface area contributed by atoms with Crippen molar-refractivity contribution < 1.29 is 17.9 Å². The van der Waals surface area contributed by atoms with Crippen LogP contribution in [0.2, 0.25) is 0 Å². The van der Waals surface area contributed by atoms with E-state index in [1.54, 1.807) is 18.4 Å². The zero-order chi connectivity index (χ0) is 20.7. The molecular weight excluding hydrogens is 528 g/mol. The minimum atomic E-state index is -4.32. The summed E-state index contributed by atoms with van der Waals surface area (Å²) in [6.07, 6.45) is -4.32. The van der Waals surface area contributed by atoms with Gasteiger partial charge in [0.25, 0.3) is 0 Å². The zero-order valence-corrected chi connectivity index (χ0v) is 19.8. The van der Waals surface area contributed by atoms with Gasteiger partial charge in [-0.1, -0.05) is 18.2 Å². The van der Waals surface area contributed by atoms with Crippen molar-refractivity contribution in [3.05, 3.63) is 57.8 Å². The molecule has 0 saturated carbocycles. The molecule has 0 radical (unpaired) electrons. The molecule has 5 nitrogen and oxygen atoms in total. The smallest absolute Gasteiger partial charge is 0.379 e. The van der Waals surface area contributed by atoms with Crippen LogP contribution in [0.3, 0.4) is 0 Å². The summed E-state index contributed by atoms with van der Waals surface area (Å²) in [4.78, 5) is 7.90. The molecule has 2 aromatic rings. The molecular formula is C20H26F3IN4OS. The third-order valence-corrected chi connectivity index (χ3v) is 5.76. The lowest BCUT2D eigenvalue weighted by molar-refractivity contribution is -0.137. The fourth-order valence-corrected chi connectivity index (χ4v) is 4.05. The predicted octanol–water partition coefficient (Wildman–Crippen LogP) is 4.12. The fraction of sp³-hybridized carbons (Fsp3) is 0.450. The molecule has 10 heteroatoms. The largest absolute Gasteiger partial charge is 0.416 e. The van der Waals surface area contributed by atoms with Gasteiger partial charge in [0, 0.05) is 38.1 Å². The second kappa shape index (κ2) is 11.9. The van der Waals surface area contributed by atoms with Crippen molar-refractivity contribution >= 4 is 41.3 Å². The van der Waals surface area contributed by atoms with Crippen molar-refractivity contribution in [1.82, 2.24) is 15.5 Å². The van der Waals surface area contributed by atoms with Crippen molar-refractivity contribution in [2.75, 3.05) is 39.9 Å². The Morgan fingerprint density at radius 1 is 1.17 bits per heavy atom. The highest BCUT2D eigenvalue weighted by Crippen LogP contribution is 2.29. The van der Waals surface area contributed by atoms with Crippen LogP contribution in [0.4, 0.5) is 13.2 Å². The molecule has 1 aromatic heterocycles. The van der Waals surface area contributed by atoms with Crippen molar-refractivity contribution in [2.45, 2.75) is 18.8 Å². The molecule has 0 amide bonds. The summed E-state index contributed by atoms with van der Waals surface area (Å²) in [6.45, 7) is 4.27. The van der Waals surface area contributed by atoms with E-state index in [9.17, 15) is 13.2 Å². The zero-order valence-electron chi connectivity index (χ0n) is 16.6. The van der Waals surface area contributed by atoms with Gasteiger partial charge in [-0.2, -0.15) is 13.2 Å². The van der Waals surface area contributed by atoms with Gasteiger partial charge in [-0.05, 0) is 29.1 Å². The number of nitrogens with zero attached hydrogens (tertiary/aromatic N) is 2. The number of guanidine groups is 1. The number of hydrogen-bond donors (Lipinski definition) is 2. The number of nitrogens with one attached hydrogen (secondary N) is 2. The topological polar surface area (TPSA) is 48.9 Å². The summed E-state index contributed by atoms with van der Waals surface area (Å²) in [6, 6.07) is 9.53. The van der Waals surface area contributed by atoms with Gasteiger partial charge in [-0.15, -0.1) is 35.3 Å². The molecule has 0 spiro atoms. The van der Waals surface area contributed by atoms with Crippen LogP contribution in [0, 0.1) is 0 Å². The standard InChI is InChI=1S/C20H25F3N4OS.HI/c1-24-19(25-13-15-4-6-16(7-5-15)20(21,22)23)26-14-17(18-3-2-12-29-18)27-8-10-28-11-9-27;/h2-7,12,17H,8-11,13-14H2,1H3,(H2,24,25,26);1H. The normalized spacial score (nSPS) is 16.6. The van der Waals surface area contributed by atoms with Gasteiger partial charge in [0.05, 0.1) is 24.8 Å². The van der Waals surface area contributed by atoms with Gasteiger partial charge in [0.15, 0.2) is 5.96 Å². The van der Waals surface area contributed by atoms with E-state index in [1.165, 1.54) is 17.0 Å². The van der Waals surface area contributed by atoms with E-state index < -0.39 is 11.7 Å². The number of hydrogen-bond acceptors (Lipinski definition) is 4. The number of alkyl halides is 3. The van der Waals surface area contributed by atoms with Crippen LogP contribution in [0.25, 0.3) is 0 Å².